The van der Waals surface area contributed by atoms with E-state index in [-0.39, 0.29) is 47.2 Å². The van der Waals surface area contributed by atoms with Crippen molar-refractivity contribution in [2.45, 2.75) is 93.8 Å². The van der Waals surface area contributed by atoms with E-state index < -0.39 is 39.3 Å². The lowest BCUT2D eigenvalue weighted by molar-refractivity contribution is -0.183. The van der Waals surface area contributed by atoms with Crippen LogP contribution in [-0.4, -0.2) is 66.6 Å². The van der Waals surface area contributed by atoms with E-state index in [2.05, 4.69) is 0 Å². The van der Waals surface area contributed by atoms with Gasteiger partial charge in [0.05, 0.1) is 29.8 Å². The van der Waals surface area contributed by atoms with Crippen molar-refractivity contribution in [3.8, 4) is 0 Å². The summed E-state index contributed by atoms with van der Waals surface area (Å²) >= 11 is 0. The molecule has 194 valence electrons. The second-order valence-electron chi connectivity index (χ2n) is 13.0. The largest absolute Gasteiger partial charge is 0.371 e. The van der Waals surface area contributed by atoms with Gasteiger partial charge in [0.15, 0.2) is 17.2 Å². The molecule has 1 spiro atoms. The Labute approximate surface area is 211 Å². The lowest BCUT2D eigenvalue weighted by Gasteiger charge is -2.48. The summed E-state index contributed by atoms with van der Waals surface area (Å²) < 4.78 is 55.1. The van der Waals surface area contributed by atoms with Gasteiger partial charge in [-0.2, -0.15) is 4.31 Å². The monoisotopic (exact) mass is 515 g/mol. The second-order valence-corrected chi connectivity index (χ2v) is 14.9. The molecule has 10 atom stereocenters. The maximum Gasteiger partial charge on any atom is 0.245 e. The van der Waals surface area contributed by atoms with Gasteiger partial charge in [-0.25, -0.2) is 8.42 Å². The Hall–Kier alpha value is -1.36. The molecule has 0 aromatic heterocycles. The maximum absolute atomic E-state index is 14.6. The molecule has 0 N–H and O–H groups in total. The number of sulfonamides is 1. The number of ether oxygens (including phenoxy) is 4. The number of hydrogen-bond donors (Lipinski definition) is 0. The smallest absolute Gasteiger partial charge is 0.245 e. The van der Waals surface area contributed by atoms with Crippen LogP contribution in [0.2, 0.25) is 0 Å². The molecule has 5 aliphatic carbocycles. The Bertz CT molecular complexity index is 1310. The second kappa shape index (κ2) is 6.26. The van der Waals surface area contributed by atoms with Crippen LogP contribution in [0.25, 0.3) is 0 Å². The molecule has 36 heavy (non-hydrogen) atoms. The van der Waals surface area contributed by atoms with Gasteiger partial charge in [-0.15, -0.1) is 0 Å². The normalized spacial score (nSPS) is 50.6. The Balaban J connectivity index is 1.21. The molecule has 9 rings (SSSR count). The molecule has 9 heteroatoms. The fourth-order valence-corrected chi connectivity index (χ4v) is 11.5. The molecule has 1 aromatic rings. The summed E-state index contributed by atoms with van der Waals surface area (Å²) in [6.07, 6.45) is 0.697. The van der Waals surface area contributed by atoms with Crippen molar-refractivity contribution in [2.24, 2.45) is 29.1 Å². The number of rotatable bonds is 4. The molecule has 3 aliphatic heterocycles. The standard InChI is InChI=1S/C27H33NO7S/c1-13-6-8-15(9-7-13)36(30,31)28-14(12-32-24(28,2)3)11-26-22(34-25(4,5)35-26)21-18-16-10-17-19(20(16)33-21)27(17,18)23(26)29/h6-9,14,16-22H,10-12H2,1-5H3/t14-,16+,17?,18?,19+,20-,21+,22-,26-,27+/m0/s1. The van der Waals surface area contributed by atoms with Crippen molar-refractivity contribution in [1.29, 1.82) is 0 Å². The highest BCUT2D eigenvalue weighted by Gasteiger charge is 2.95. The minimum absolute atomic E-state index is 0.132. The van der Waals surface area contributed by atoms with Gasteiger partial charge in [0.1, 0.15) is 11.8 Å². The van der Waals surface area contributed by atoms with Crippen molar-refractivity contribution in [3.05, 3.63) is 29.8 Å². The van der Waals surface area contributed by atoms with Gasteiger partial charge >= 0.3 is 0 Å². The van der Waals surface area contributed by atoms with Gasteiger partial charge < -0.3 is 18.9 Å². The molecule has 0 radical (unpaired) electrons. The van der Waals surface area contributed by atoms with E-state index in [1.54, 1.807) is 38.1 Å². The topological polar surface area (TPSA) is 91.4 Å². The first kappa shape index (κ1) is 22.6. The summed E-state index contributed by atoms with van der Waals surface area (Å²) in [6, 6.07) is 6.28. The van der Waals surface area contributed by atoms with Gasteiger partial charge in [0.25, 0.3) is 0 Å². The molecular weight excluding hydrogens is 482 g/mol. The van der Waals surface area contributed by atoms with E-state index >= 15 is 0 Å². The Morgan fingerprint density at radius 1 is 1.06 bits per heavy atom. The van der Waals surface area contributed by atoms with E-state index in [1.165, 1.54) is 4.31 Å². The molecular formula is C27H33NO7S. The van der Waals surface area contributed by atoms with Crippen LogP contribution in [0.1, 0.15) is 46.1 Å². The van der Waals surface area contributed by atoms with Crippen molar-refractivity contribution < 1.29 is 32.2 Å². The van der Waals surface area contributed by atoms with Crippen LogP contribution in [0.5, 0.6) is 0 Å². The third-order valence-electron chi connectivity index (χ3n) is 10.5. The van der Waals surface area contributed by atoms with Crippen LogP contribution < -0.4 is 0 Å². The predicted octanol–water partition coefficient (Wildman–Crippen LogP) is 2.63. The number of nitrogens with zero attached hydrogens (tertiary/aromatic N) is 1. The van der Waals surface area contributed by atoms with Crippen LogP contribution in [0.4, 0.5) is 0 Å². The molecule has 3 saturated heterocycles. The lowest BCUT2D eigenvalue weighted by Crippen LogP contribution is -2.66. The number of ketones is 1. The zero-order valence-electron chi connectivity index (χ0n) is 21.3. The maximum atomic E-state index is 14.6. The van der Waals surface area contributed by atoms with Crippen LogP contribution in [0, 0.1) is 36.0 Å². The molecule has 6 bridgehead atoms. The SMILES string of the molecule is Cc1ccc(S(=O)(=O)N2[C@@H](C[C@]34OC(C)(C)O[C@H]3[C@@H]3O[C@H]5[C@@H]6CC7[C@H]5[C@]7(C4=O)C63)COC2(C)C)cc1. The average molecular weight is 516 g/mol. The predicted molar refractivity (Wildman–Crippen MR) is 126 cm³/mol. The number of carbonyl (C=O) groups is 1. The lowest BCUT2D eigenvalue weighted by atomic mass is 9.64. The number of Topliss-reactive ketones (excluding diaryl/α,β-unsaturated/α-hetero) is 1. The van der Waals surface area contributed by atoms with E-state index in [0.29, 0.717) is 17.8 Å². The average Bonchev–Trinajstić information content (AvgIpc) is 3.35. The summed E-state index contributed by atoms with van der Waals surface area (Å²) in [5.41, 5.74) is -1.70. The minimum Gasteiger partial charge on any atom is -0.371 e. The fourth-order valence-electron chi connectivity index (χ4n) is 9.64. The first-order valence-corrected chi connectivity index (χ1v) is 14.6. The molecule has 8 nitrogen and oxygen atoms in total. The number of hydrogen-bond acceptors (Lipinski definition) is 7. The third kappa shape index (κ3) is 2.32. The highest BCUT2D eigenvalue weighted by molar-refractivity contribution is 7.89. The Kier molecular flexibility index (Phi) is 3.93. The van der Waals surface area contributed by atoms with E-state index in [0.717, 1.165) is 12.0 Å². The Morgan fingerprint density at radius 3 is 2.47 bits per heavy atom. The number of aryl methyl sites for hydroxylation is 1. The van der Waals surface area contributed by atoms with Gasteiger partial charge in [-0.1, -0.05) is 17.7 Å². The molecule has 8 fully saturated rings. The number of carbonyl (C=O) groups excluding carboxylic acids is 1. The van der Waals surface area contributed by atoms with E-state index in [1.807, 2.05) is 20.8 Å². The van der Waals surface area contributed by atoms with Crippen LogP contribution in [0.15, 0.2) is 29.2 Å². The van der Waals surface area contributed by atoms with E-state index in [4.69, 9.17) is 18.9 Å². The highest BCUT2D eigenvalue weighted by atomic mass is 32.2. The molecule has 5 saturated carbocycles. The third-order valence-corrected chi connectivity index (χ3v) is 12.6. The zero-order valence-corrected chi connectivity index (χ0v) is 22.1. The quantitative estimate of drug-likeness (QED) is 0.609. The van der Waals surface area contributed by atoms with E-state index in [9.17, 15) is 13.2 Å². The van der Waals surface area contributed by atoms with Crippen molar-refractivity contribution >= 4 is 15.8 Å². The van der Waals surface area contributed by atoms with Gasteiger partial charge in [-0.3, -0.25) is 4.79 Å². The number of benzene rings is 1. The van der Waals surface area contributed by atoms with Gasteiger partial charge in [0, 0.05) is 23.7 Å². The molecule has 3 heterocycles. The first-order chi connectivity index (χ1) is 16.8. The number of fused-ring (bicyclic) bond motifs is 2. The minimum atomic E-state index is -3.90. The Morgan fingerprint density at radius 2 is 1.78 bits per heavy atom. The summed E-state index contributed by atoms with van der Waals surface area (Å²) in [5.74, 6) is 0.504. The van der Waals surface area contributed by atoms with Crippen LogP contribution >= 0.6 is 0 Å². The molecule has 0 amide bonds. The summed E-state index contributed by atoms with van der Waals surface area (Å²) in [4.78, 5) is 14.8. The first-order valence-electron chi connectivity index (χ1n) is 13.2. The zero-order chi connectivity index (χ0) is 25.2. The van der Waals surface area contributed by atoms with Crippen molar-refractivity contribution in [1.82, 2.24) is 4.31 Å². The molecule has 8 aliphatic rings. The molecule has 2 unspecified atom stereocenters. The van der Waals surface area contributed by atoms with Crippen molar-refractivity contribution in [3.63, 3.8) is 0 Å². The van der Waals surface area contributed by atoms with Crippen LogP contribution in [0.3, 0.4) is 0 Å². The highest BCUT2D eigenvalue weighted by Crippen LogP contribution is 2.88. The summed E-state index contributed by atoms with van der Waals surface area (Å²) in [5, 5.41) is 0. The molecule has 1 aromatic carbocycles. The fraction of sp³-hybridized carbons (Fsp3) is 0.741. The van der Waals surface area contributed by atoms with Crippen molar-refractivity contribution in [2.75, 3.05) is 6.61 Å². The van der Waals surface area contributed by atoms with Crippen LogP contribution in [-0.2, 0) is 33.8 Å². The summed E-state index contributed by atoms with van der Waals surface area (Å²) in [7, 11) is -3.90. The van der Waals surface area contributed by atoms with Gasteiger partial charge in [0.2, 0.25) is 10.0 Å². The van der Waals surface area contributed by atoms with Gasteiger partial charge in [-0.05, 0) is 65.0 Å². The summed E-state index contributed by atoms with van der Waals surface area (Å²) in [6.45, 7) is 9.32.